The van der Waals surface area contributed by atoms with Crippen LogP contribution in [0.4, 0.5) is 13.2 Å². The van der Waals surface area contributed by atoms with Gasteiger partial charge in [0.2, 0.25) is 11.8 Å². The molecule has 9 nitrogen and oxygen atoms in total. The van der Waals surface area contributed by atoms with Crippen LogP contribution in [0.25, 0.3) is 0 Å². The molecule has 0 spiro atoms. The highest BCUT2D eigenvalue weighted by molar-refractivity contribution is 5.88. The van der Waals surface area contributed by atoms with Crippen LogP contribution in [-0.4, -0.2) is 59.3 Å². The first-order chi connectivity index (χ1) is 9.37. The molecule has 0 aliphatic carbocycles. The van der Waals surface area contributed by atoms with Crippen LogP contribution >= 0.6 is 0 Å². The van der Waals surface area contributed by atoms with Crippen LogP contribution in [0.3, 0.4) is 0 Å². The predicted octanol–water partition coefficient (Wildman–Crippen LogP) is -1.72. The van der Waals surface area contributed by atoms with Gasteiger partial charge in [0.05, 0.1) is 12.6 Å². The van der Waals surface area contributed by atoms with Gasteiger partial charge in [0.1, 0.15) is 6.54 Å². The molecule has 0 fully saturated rings. The van der Waals surface area contributed by atoms with Gasteiger partial charge in [-0.15, -0.1) is 0 Å². The molecule has 21 heavy (non-hydrogen) atoms. The summed E-state index contributed by atoms with van der Waals surface area (Å²) in [6, 6.07) is -0.692. The Balaban J connectivity index is 0. The number of halogens is 3. The number of hydrogen-bond donors (Lipinski definition) is 5. The van der Waals surface area contributed by atoms with Crippen molar-refractivity contribution in [3.63, 3.8) is 0 Å². The van der Waals surface area contributed by atoms with Gasteiger partial charge in [-0.2, -0.15) is 13.2 Å². The second-order valence-electron chi connectivity index (χ2n) is 3.48. The summed E-state index contributed by atoms with van der Waals surface area (Å²) in [6.45, 7) is 0.741. The fourth-order valence-corrected chi connectivity index (χ4v) is 0.565. The number of alkyl halides is 3. The zero-order valence-electron chi connectivity index (χ0n) is 10.7. The molecule has 0 bridgehead atoms. The Morgan fingerprint density at radius 2 is 1.52 bits per heavy atom. The van der Waals surface area contributed by atoms with E-state index in [1.807, 2.05) is 0 Å². The fourth-order valence-electron chi connectivity index (χ4n) is 0.565. The van der Waals surface area contributed by atoms with Gasteiger partial charge in [0.25, 0.3) is 0 Å². The van der Waals surface area contributed by atoms with E-state index in [4.69, 9.17) is 20.7 Å². The number of carbonyl (C=O) groups excluding carboxylic acids is 2. The molecule has 0 aliphatic heterocycles. The lowest BCUT2D eigenvalue weighted by Crippen LogP contribution is -2.44. The summed E-state index contributed by atoms with van der Waals surface area (Å²) in [5.41, 5.74) is 5.21. The molecule has 1 atom stereocenters. The molecule has 0 radical (unpaired) electrons. The van der Waals surface area contributed by atoms with Crippen LogP contribution < -0.4 is 16.4 Å². The Morgan fingerprint density at radius 3 is 1.81 bits per heavy atom. The SMILES string of the molecule is C[C@@H](N)C(=O)NCC(=O)NCC(=O)O.O=C(O)C(F)(F)F. The van der Waals surface area contributed by atoms with Crippen molar-refractivity contribution in [2.75, 3.05) is 13.1 Å². The number of carboxylic acid groups (broad SMARTS) is 2. The summed E-state index contributed by atoms with van der Waals surface area (Å²) >= 11 is 0. The third-order valence-electron chi connectivity index (χ3n) is 1.52. The van der Waals surface area contributed by atoms with E-state index in [-0.39, 0.29) is 6.54 Å². The van der Waals surface area contributed by atoms with Crippen LogP contribution in [0.2, 0.25) is 0 Å². The Hall–Kier alpha value is -2.37. The molecule has 0 saturated carbocycles. The van der Waals surface area contributed by atoms with Gasteiger partial charge in [-0.3, -0.25) is 14.4 Å². The number of carbonyl (C=O) groups is 4. The summed E-state index contributed by atoms with van der Waals surface area (Å²) < 4.78 is 31.7. The summed E-state index contributed by atoms with van der Waals surface area (Å²) in [5, 5.41) is 19.6. The molecule has 0 unspecified atom stereocenters. The van der Waals surface area contributed by atoms with Crippen LogP contribution in [0.1, 0.15) is 6.92 Å². The average molecular weight is 317 g/mol. The number of aliphatic carboxylic acids is 2. The van der Waals surface area contributed by atoms with Crippen molar-refractivity contribution in [2.45, 2.75) is 19.1 Å². The van der Waals surface area contributed by atoms with Crippen molar-refractivity contribution >= 4 is 23.8 Å². The highest BCUT2D eigenvalue weighted by Crippen LogP contribution is 2.13. The van der Waals surface area contributed by atoms with Crippen LogP contribution in [0.5, 0.6) is 0 Å². The van der Waals surface area contributed by atoms with Gasteiger partial charge in [-0.25, -0.2) is 4.79 Å². The summed E-state index contributed by atoms with van der Waals surface area (Å²) in [7, 11) is 0. The predicted molar refractivity (Wildman–Crippen MR) is 61.0 cm³/mol. The minimum Gasteiger partial charge on any atom is -0.480 e. The van der Waals surface area contributed by atoms with E-state index in [2.05, 4.69) is 10.6 Å². The van der Waals surface area contributed by atoms with E-state index in [0.717, 1.165) is 0 Å². The molecule has 0 aromatic rings. The zero-order chi connectivity index (χ0) is 17.2. The standard InChI is InChI=1S/C7H13N3O4.C2HF3O2/c1-4(8)7(14)10-2-5(11)9-3-6(12)13;3-2(4,5)1(6)7/h4H,2-3,8H2,1H3,(H,9,11)(H,10,14)(H,12,13);(H,6,7)/t4-;/m1./s1. The minimum atomic E-state index is -5.08. The van der Waals surface area contributed by atoms with Gasteiger partial charge >= 0.3 is 18.1 Å². The van der Waals surface area contributed by atoms with Crippen molar-refractivity contribution in [1.82, 2.24) is 10.6 Å². The van der Waals surface area contributed by atoms with E-state index in [1.165, 1.54) is 6.92 Å². The van der Waals surface area contributed by atoms with Crippen LogP contribution in [0, 0.1) is 0 Å². The van der Waals surface area contributed by atoms with E-state index >= 15 is 0 Å². The topological polar surface area (TPSA) is 159 Å². The van der Waals surface area contributed by atoms with Gasteiger partial charge < -0.3 is 26.6 Å². The van der Waals surface area contributed by atoms with Crippen molar-refractivity contribution in [3.8, 4) is 0 Å². The first-order valence-corrected chi connectivity index (χ1v) is 5.19. The van der Waals surface area contributed by atoms with Crippen LogP contribution in [0.15, 0.2) is 0 Å². The molecule has 2 amide bonds. The van der Waals surface area contributed by atoms with E-state index < -0.39 is 42.5 Å². The highest BCUT2D eigenvalue weighted by Gasteiger charge is 2.38. The lowest BCUT2D eigenvalue weighted by molar-refractivity contribution is -0.192. The molecule has 0 aromatic heterocycles. The molecule has 0 aliphatic rings. The quantitative estimate of drug-likeness (QED) is 0.403. The van der Waals surface area contributed by atoms with Crippen molar-refractivity contribution in [2.24, 2.45) is 5.73 Å². The van der Waals surface area contributed by atoms with Crippen molar-refractivity contribution < 1.29 is 42.6 Å². The molecular formula is C9H14F3N3O6. The summed E-state index contributed by atoms with van der Waals surface area (Å²) in [4.78, 5) is 40.6. The monoisotopic (exact) mass is 317 g/mol. The first kappa shape index (κ1) is 20.9. The lowest BCUT2D eigenvalue weighted by atomic mass is 10.3. The second-order valence-corrected chi connectivity index (χ2v) is 3.48. The molecule has 0 saturated heterocycles. The lowest BCUT2D eigenvalue weighted by Gasteiger charge is -2.06. The van der Waals surface area contributed by atoms with E-state index in [9.17, 15) is 27.6 Å². The fraction of sp³-hybridized carbons (Fsp3) is 0.556. The maximum atomic E-state index is 10.9. The van der Waals surface area contributed by atoms with Gasteiger partial charge in [0, 0.05) is 0 Å². The first-order valence-electron chi connectivity index (χ1n) is 5.19. The van der Waals surface area contributed by atoms with Crippen molar-refractivity contribution in [3.05, 3.63) is 0 Å². The van der Waals surface area contributed by atoms with Gasteiger partial charge in [-0.05, 0) is 6.92 Å². The maximum absolute atomic E-state index is 10.9. The molecule has 0 rings (SSSR count). The maximum Gasteiger partial charge on any atom is 0.490 e. The molecule has 12 heteroatoms. The van der Waals surface area contributed by atoms with Gasteiger partial charge in [0.15, 0.2) is 0 Å². The summed E-state index contributed by atoms with van der Waals surface area (Å²) in [6.07, 6.45) is -5.08. The number of nitrogens with two attached hydrogens (primary N) is 1. The third-order valence-corrected chi connectivity index (χ3v) is 1.52. The zero-order valence-corrected chi connectivity index (χ0v) is 10.7. The Kier molecular flexibility index (Phi) is 9.49. The highest BCUT2D eigenvalue weighted by atomic mass is 19.4. The normalized spacial score (nSPS) is 11.5. The van der Waals surface area contributed by atoms with Crippen LogP contribution in [-0.2, 0) is 19.2 Å². The Morgan fingerprint density at radius 1 is 1.10 bits per heavy atom. The molecule has 6 N–H and O–H groups in total. The largest absolute Gasteiger partial charge is 0.490 e. The number of carboxylic acids is 2. The van der Waals surface area contributed by atoms with Crippen molar-refractivity contribution in [1.29, 1.82) is 0 Å². The number of amides is 2. The smallest absolute Gasteiger partial charge is 0.480 e. The Bertz CT molecular complexity index is 397. The Labute approximate surface area is 116 Å². The minimum absolute atomic E-state index is 0.270. The molecular weight excluding hydrogens is 303 g/mol. The second kappa shape index (κ2) is 9.52. The average Bonchev–Trinajstić information content (AvgIpc) is 2.32. The number of nitrogens with one attached hydrogen (secondary N) is 2. The van der Waals surface area contributed by atoms with E-state index in [0.29, 0.717) is 0 Å². The molecule has 0 heterocycles. The van der Waals surface area contributed by atoms with Gasteiger partial charge in [-0.1, -0.05) is 0 Å². The molecule has 0 aromatic carbocycles. The summed E-state index contributed by atoms with van der Waals surface area (Å²) in [5.74, 6) is -4.93. The number of rotatable bonds is 5. The van der Waals surface area contributed by atoms with E-state index in [1.54, 1.807) is 0 Å². The third kappa shape index (κ3) is 13.9. The molecule has 122 valence electrons. The number of hydrogen-bond acceptors (Lipinski definition) is 5.